The van der Waals surface area contributed by atoms with E-state index < -0.39 is 57.8 Å². The van der Waals surface area contributed by atoms with Crippen molar-refractivity contribution >= 4 is 10.2 Å². The quantitative estimate of drug-likeness (QED) is 0.335. The van der Waals surface area contributed by atoms with Gasteiger partial charge in [0.15, 0.2) is 0 Å². The third-order valence-corrected chi connectivity index (χ3v) is 3.60. The molecule has 0 fully saturated rings. The molecule has 176 valence electrons. The maximum atomic E-state index is 13.0. The summed E-state index contributed by atoms with van der Waals surface area (Å²) in [6.45, 7) is 0. The van der Waals surface area contributed by atoms with Crippen LogP contribution in [0.5, 0.6) is 0 Å². The highest BCUT2D eigenvalue weighted by atomic mass is 32.3. The van der Waals surface area contributed by atoms with Crippen LogP contribution in [0.2, 0.25) is 0 Å². The summed E-state index contributed by atoms with van der Waals surface area (Å²) in [5.74, 6) is -32.5. The van der Waals surface area contributed by atoms with Crippen LogP contribution in [0, 0.1) is 0 Å². The molecule has 0 aromatic rings. The van der Waals surface area contributed by atoms with Gasteiger partial charge in [0.1, 0.15) is 0 Å². The van der Waals surface area contributed by atoms with Crippen LogP contribution in [0.25, 0.3) is 0 Å². The molecule has 0 unspecified atom stereocenters. The number of hydrogen-bond acceptors (Lipinski definition) is 3. The van der Waals surface area contributed by atoms with Gasteiger partial charge in [-0.1, -0.05) is 3.89 Å². The van der Waals surface area contributed by atoms with Gasteiger partial charge < -0.3 is 0 Å². The Morgan fingerprint density at radius 3 is 1.21 bits per heavy atom. The van der Waals surface area contributed by atoms with E-state index in [4.69, 9.17) is 0 Å². The molecular formula is C8HF17O3S. The first kappa shape index (κ1) is 27.7. The molecule has 0 rings (SSSR count). The lowest BCUT2D eigenvalue weighted by Gasteiger charge is -2.39. The van der Waals surface area contributed by atoms with E-state index in [0.717, 1.165) is 4.74 Å². The summed E-state index contributed by atoms with van der Waals surface area (Å²) in [7, 11) is -8.02. The minimum atomic E-state index is -8.43. The van der Waals surface area contributed by atoms with Gasteiger partial charge in [0.25, 0.3) is 0 Å². The Bertz CT molecular complexity index is 710. The van der Waals surface area contributed by atoms with Crippen molar-refractivity contribution in [1.29, 1.82) is 0 Å². The second kappa shape index (κ2) is 6.87. The number of rotatable bonds is 9. The molecule has 0 saturated carbocycles. The van der Waals surface area contributed by atoms with Gasteiger partial charge >= 0.3 is 57.8 Å². The first-order valence-corrected chi connectivity index (χ1v) is 7.10. The van der Waals surface area contributed by atoms with E-state index in [1.807, 2.05) is 0 Å². The second-order valence-electron chi connectivity index (χ2n) is 4.74. The Labute approximate surface area is 146 Å². The van der Waals surface area contributed by atoms with Crippen molar-refractivity contribution in [3.63, 3.8) is 0 Å². The van der Waals surface area contributed by atoms with Crippen LogP contribution in [-0.2, 0) is 15.0 Å². The molecule has 0 saturated heterocycles. The van der Waals surface area contributed by atoms with E-state index in [9.17, 15) is 82.6 Å². The lowest BCUT2D eigenvalue weighted by molar-refractivity contribution is -0.497. The highest BCUT2D eigenvalue weighted by Gasteiger charge is 2.90. The Morgan fingerprint density at radius 2 is 0.931 bits per heavy atom. The Balaban J connectivity index is 6.43. The average molecular weight is 500 g/mol. The van der Waals surface area contributed by atoms with Gasteiger partial charge in [-0.15, -0.1) is 0 Å². The topological polar surface area (TPSA) is 43.4 Å². The Kier molecular flexibility index (Phi) is 6.57. The maximum Gasteiger partial charge on any atom is 0.464 e. The van der Waals surface area contributed by atoms with E-state index >= 15 is 0 Å². The van der Waals surface area contributed by atoms with Crippen molar-refractivity contribution in [3.05, 3.63) is 0 Å². The summed E-state index contributed by atoms with van der Waals surface area (Å²) < 4.78 is 234. The molecule has 0 N–H and O–H groups in total. The maximum absolute atomic E-state index is 13.0. The van der Waals surface area contributed by atoms with Crippen molar-refractivity contribution in [2.75, 3.05) is 0 Å². The van der Waals surface area contributed by atoms with Crippen LogP contribution in [0.1, 0.15) is 0 Å². The minimum absolute atomic E-state index is 1.10. The summed E-state index contributed by atoms with van der Waals surface area (Å²) in [6.07, 6.45) is -21.7. The molecule has 0 aliphatic heterocycles. The van der Waals surface area contributed by atoms with Gasteiger partial charge in [-0.25, -0.2) is 13.5 Å². The number of hydrogen-bond donors (Lipinski definition) is 0. The third-order valence-electron chi connectivity index (χ3n) is 2.75. The molecule has 0 heterocycles. The van der Waals surface area contributed by atoms with E-state index in [0.29, 0.717) is 0 Å². The van der Waals surface area contributed by atoms with Crippen molar-refractivity contribution < 1.29 is 87.3 Å². The van der Waals surface area contributed by atoms with Crippen LogP contribution < -0.4 is 0 Å². The van der Waals surface area contributed by atoms with Gasteiger partial charge in [0.05, 0.1) is 0 Å². The van der Waals surface area contributed by atoms with Gasteiger partial charge in [0.2, 0.25) is 0 Å². The zero-order valence-corrected chi connectivity index (χ0v) is 13.0. The lowest BCUT2D eigenvalue weighted by atomic mass is 9.98. The van der Waals surface area contributed by atoms with Crippen LogP contribution >= 0.6 is 0 Å². The van der Waals surface area contributed by atoms with Crippen molar-refractivity contribution in [3.8, 4) is 0 Å². The van der Waals surface area contributed by atoms with Crippen LogP contribution in [-0.4, -0.2) is 56.0 Å². The monoisotopic (exact) mass is 500 g/mol. The fraction of sp³-hybridized carbons (Fsp3) is 1.00. The highest BCUT2D eigenvalue weighted by Crippen LogP contribution is 2.59. The minimum Gasteiger partial charge on any atom is -0.244 e. The molecule has 0 aliphatic carbocycles. The SMILES string of the molecule is O=S(=O)(F)C(F)(F)C(F)(F)OC(F)(F)C(F)(F)C(F)(F)C(F)(F)C(F)(F)C(F)F. The molecular weight excluding hydrogens is 499 g/mol. The van der Waals surface area contributed by atoms with Crippen LogP contribution in [0.4, 0.5) is 74.1 Å². The molecule has 0 amide bonds. The summed E-state index contributed by atoms with van der Waals surface area (Å²) in [5.41, 5.74) is 0. The highest BCUT2D eigenvalue weighted by molar-refractivity contribution is 7.87. The standard InChI is InChI=1S/C8HF17O3S/c9-1(10)2(11,12)3(13,14)4(15,16)5(17,18)6(19,20)28-7(21,22)8(23,24)29(25,26)27/h1H. The Hall–Kier alpha value is -1.28. The van der Waals surface area contributed by atoms with Crippen molar-refractivity contribution in [2.45, 2.75) is 47.6 Å². The zero-order chi connectivity index (χ0) is 24.3. The molecule has 0 bridgehead atoms. The summed E-state index contributed by atoms with van der Waals surface area (Å²) >= 11 is 0. The fourth-order valence-electron chi connectivity index (χ4n) is 1.15. The van der Waals surface area contributed by atoms with Gasteiger partial charge in [-0.2, -0.15) is 69.9 Å². The summed E-state index contributed by atoms with van der Waals surface area (Å²) in [4.78, 5) is 0. The molecule has 0 radical (unpaired) electrons. The molecule has 29 heavy (non-hydrogen) atoms. The first-order chi connectivity index (χ1) is 12.2. The first-order valence-electron chi connectivity index (χ1n) is 5.72. The summed E-state index contributed by atoms with van der Waals surface area (Å²) in [6, 6.07) is 0. The molecule has 0 aromatic heterocycles. The summed E-state index contributed by atoms with van der Waals surface area (Å²) in [5, 5.41) is -7.52. The van der Waals surface area contributed by atoms with Crippen LogP contribution in [0.3, 0.4) is 0 Å². The van der Waals surface area contributed by atoms with Crippen LogP contribution in [0.15, 0.2) is 0 Å². The smallest absolute Gasteiger partial charge is 0.244 e. The largest absolute Gasteiger partial charge is 0.464 e. The van der Waals surface area contributed by atoms with E-state index in [1.54, 1.807) is 0 Å². The van der Waals surface area contributed by atoms with E-state index in [1.165, 1.54) is 0 Å². The molecule has 0 aliphatic rings. The lowest BCUT2D eigenvalue weighted by Crippen LogP contribution is -2.70. The number of alkyl halides is 16. The predicted octanol–water partition coefficient (Wildman–Crippen LogP) is 4.89. The van der Waals surface area contributed by atoms with Crippen molar-refractivity contribution in [2.24, 2.45) is 0 Å². The fourth-order valence-corrected chi connectivity index (χ4v) is 1.48. The zero-order valence-electron chi connectivity index (χ0n) is 12.1. The van der Waals surface area contributed by atoms with Crippen molar-refractivity contribution in [1.82, 2.24) is 0 Å². The molecule has 21 heteroatoms. The average Bonchev–Trinajstić information content (AvgIpc) is 2.43. The molecule has 3 nitrogen and oxygen atoms in total. The third kappa shape index (κ3) is 3.90. The normalized spacial score (nSPS) is 16.5. The molecule has 0 aromatic carbocycles. The predicted molar refractivity (Wildman–Crippen MR) is 51.7 cm³/mol. The van der Waals surface area contributed by atoms with Gasteiger partial charge in [0, 0.05) is 0 Å². The second-order valence-corrected chi connectivity index (χ2v) is 6.13. The molecule has 0 spiro atoms. The number of halogens is 17. The van der Waals surface area contributed by atoms with E-state index in [2.05, 4.69) is 0 Å². The van der Waals surface area contributed by atoms with E-state index in [-0.39, 0.29) is 0 Å². The van der Waals surface area contributed by atoms with Gasteiger partial charge in [-0.05, 0) is 0 Å². The molecule has 0 atom stereocenters. The Morgan fingerprint density at radius 1 is 0.586 bits per heavy atom. The van der Waals surface area contributed by atoms with Gasteiger partial charge in [-0.3, -0.25) is 0 Å². The number of ether oxygens (including phenoxy) is 1.